The molecule has 0 amide bonds. The number of ether oxygens (including phenoxy) is 2. The number of carbonyl (C=O) groups is 1. The van der Waals surface area contributed by atoms with Crippen LogP contribution in [-0.4, -0.2) is 81.3 Å². The van der Waals surface area contributed by atoms with Gasteiger partial charge in [-0.3, -0.25) is 0 Å². The second kappa shape index (κ2) is 8.81. The lowest BCUT2D eigenvalue weighted by molar-refractivity contribution is -0.124. The number of esters is 1. The Labute approximate surface area is 138 Å². The van der Waals surface area contributed by atoms with Crippen LogP contribution in [0.25, 0.3) is 0 Å². The lowest BCUT2D eigenvalue weighted by atomic mass is 10.0. The molecule has 6 N–H and O–H groups in total. The fraction of sp³-hybridized carbons (Fsp3) is 0.533. The van der Waals surface area contributed by atoms with Crippen LogP contribution in [-0.2, 0) is 4.74 Å². The summed E-state index contributed by atoms with van der Waals surface area (Å²) in [6, 6.07) is 2.72. The summed E-state index contributed by atoms with van der Waals surface area (Å²) in [5, 5.41) is 56.5. The molecule has 0 aliphatic heterocycles. The number of carbonyl (C=O) groups excluding carboxylic acids is 1. The summed E-state index contributed by atoms with van der Waals surface area (Å²) in [5.74, 6) is -0.975. The van der Waals surface area contributed by atoms with Crippen LogP contribution in [0.4, 0.5) is 0 Å². The first kappa shape index (κ1) is 20.1. The van der Waals surface area contributed by atoms with E-state index in [1.165, 1.54) is 19.2 Å². The van der Waals surface area contributed by atoms with E-state index in [-0.39, 0.29) is 11.3 Å². The van der Waals surface area contributed by atoms with Crippen LogP contribution in [0.5, 0.6) is 11.5 Å². The molecule has 24 heavy (non-hydrogen) atoms. The minimum Gasteiger partial charge on any atom is -0.507 e. The van der Waals surface area contributed by atoms with E-state index in [1.807, 2.05) is 0 Å². The Morgan fingerprint density at radius 1 is 1.12 bits per heavy atom. The van der Waals surface area contributed by atoms with E-state index in [4.69, 9.17) is 14.6 Å². The Balaban J connectivity index is 2.73. The quantitative estimate of drug-likeness (QED) is 0.302. The molecular formula is C15H22O9. The normalized spacial score (nSPS) is 16.1. The number of phenolic OH excluding ortho intramolecular Hbond substituents is 1. The Bertz CT molecular complexity index is 537. The van der Waals surface area contributed by atoms with Crippen LogP contribution >= 0.6 is 0 Å². The third kappa shape index (κ3) is 4.79. The van der Waals surface area contributed by atoms with Crippen molar-refractivity contribution in [1.82, 2.24) is 0 Å². The number of hydrogen-bond acceptors (Lipinski definition) is 9. The lowest BCUT2D eigenvalue weighted by Crippen LogP contribution is -2.47. The molecule has 0 spiro atoms. The Kier molecular flexibility index (Phi) is 7.39. The van der Waals surface area contributed by atoms with Crippen LogP contribution in [0.1, 0.15) is 15.9 Å². The van der Waals surface area contributed by atoms with Gasteiger partial charge < -0.3 is 40.1 Å². The van der Waals surface area contributed by atoms with E-state index in [0.717, 1.165) is 0 Å². The molecule has 0 aliphatic rings. The van der Waals surface area contributed by atoms with Crippen molar-refractivity contribution in [2.45, 2.75) is 31.3 Å². The van der Waals surface area contributed by atoms with Crippen molar-refractivity contribution in [2.75, 3.05) is 20.3 Å². The minimum atomic E-state index is -1.84. The van der Waals surface area contributed by atoms with Crippen LogP contribution in [0.3, 0.4) is 0 Å². The first-order valence-corrected chi connectivity index (χ1v) is 7.10. The minimum absolute atomic E-state index is 0.131. The highest BCUT2D eigenvalue weighted by atomic mass is 16.5. The summed E-state index contributed by atoms with van der Waals surface area (Å²) in [6.07, 6.45) is -7.02. The number of aromatic hydroxyl groups is 1. The molecule has 9 heteroatoms. The number of aliphatic hydroxyl groups is 5. The highest BCUT2D eigenvalue weighted by molar-refractivity contribution is 5.94. The maximum absolute atomic E-state index is 12.0. The van der Waals surface area contributed by atoms with Gasteiger partial charge in [0, 0.05) is 6.07 Å². The van der Waals surface area contributed by atoms with Gasteiger partial charge in [-0.15, -0.1) is 0 Å². The fourth-order valence-electron chi connectivity index (χ4n) is 2.01. The van der Waals surface area contributed by atoms with E-state index < -0.39 is 43.6 Å². The van der Waals surface area contributed by atoms with E-state index in [9.17, 15) is 30.3 Å². The molecular weight excluding hydrogens is 324 g/mol. The van der Waals surface area contributed by atoms with Gasteiger partial charge in [0.05, 0.1) is 13.7 Å². The average Bonchev–Trinajstić information content (AvgIpc) is 2.56. The number of phenols is 1. The summed E-state index contributed by atoms with van der Waals surface area (Å²) in [4.78, 5) is 12.0. The molecule has 4 atom stereocenters. The Hall–Kier alpha value is -1.91. The third-order valence-electron chi connectivity index (χ3n) is 3.44. The van der Waals surface area contributed by atoms with Crippen molar-refractivity contribution in [3.05, 3.63) is 23.3 Å². The van der Waals surface area contributed by atoms with Gasteiger partial charge in [0.25, 0.3) is 0 Å². The average molecular weight is 346 g/mol. The summed E-state index contributed by atoms with van der Waals surface area (Å²) in [5.41, 5.74) is 0.246. The predicted octanol–water partition coefficient (Wildman–Crippen LogP) is -1.70. The van der Waals surface area contributed by atoms with Crippen molar-refractivity contribution < 1.29 is 44.9 Å². The molecule has 0 radical (unpaired) electrons. The molecule has 0 unspecified atom stereocenters. The largest absolute Gasteiger partial charge is 0.507 e. The number of benzene rings is 1. The smallest absolute Gasteiger partial charge is 0.342 e. The number of hydrogen-bond donors (Lipinski definition) is 6. The Morgan fingerprint density at radius 2 is 1.71 bits per heavy atom. The highest BCUT2D eigenvalue weighted by Gasteiger charge is 2.31. The van der Waals surface area contributed by atoms with E-state index in [1.54, 1.807) is 6.92 Å². The second-order valence-electron chi connectivity index (χ2n) is 5.24. The summed E-state index contributed by atoms with van der Waals surface area (Å²) in [6.45, 7) is 0.0369. The SMILES string of the molecule is COc1cc(C)c(C(=O)OC[C@@H](O)[C@@H](O)[C@H](O)[C@H](O)CO)c(O)c1. The molecule has 136 valence electrons. The van der Waals surface area contributed by atoms with Gasteiger partial charge >= 0.3 is 5.97 Å². The molecule has 0 bridgehead atoms. The van der Waals surface area contributed by atoms with Crippen LogP contribution in [0.2, 0.25) is 0 Å². The molecule has 9 nitrogen and oxygen atoms in total. The first-order chi connectivity index (χ1) is 11.2. The van der Waals surface area contributed by atoms with Gasteiger partial charge in [-0.1, -0.05) is 0 Å². The zero-order valence-electron chi connectivity index (χ0n) is 13.3. The molecule has 0 aliphatic carbocycles. The molecule has 0 saturated heterocycles. The third-order valence-corrected chi connectivity index (χ3v) is 3.44. The molecule has 0 aromatic heterocycles. The first-order valence-electron chi connectivity index (χ1n) is 7.10. The maximum Gasteiger partial charge on any atom is 0.342 e. The number of aliphatic hydroxyl groups excluding tert-OH is 5. The zero-order chi connectivity index (χ0) is 18.4. The topological polar surface area (TPSA) is 157 Å². The lowest BCUT2D eigenvalue weighted by Gasteiger charge is -2.25. The van der Waals surface area contributed by atoms with Gasteiger partial charge in [-0.25, -0.2) is 4.79 Å². The highest BCUT2D eigenvalue weighted by Crippen LogP contribution is 2.28. The zero-order valence-corrected chi connectivity index (χ0v) is 13.3. The van der Waals surface area contributed by atoms with Crippen LogP contribution in [0.15, 0.2) is 12.1 Å². The van der Waals surface area contributed by atoms with Crippen LogP contribution in [0, 0.1) is 6.92 Å². The Morgan fingerprint density at radius 3 is 2.21 bits per heavy atom. The van der Waals surface area contributed by atoms with E-state index in [2.05, 4.69) is 0 Å². The fourth-order valence-corrected chi connectivity index (χ4v) is 2.01. The standard InChI is InChI=1S/C15H22O9/c1-7-3-8(23-2)4-9(17)12(7)15(22)24-6-11(19)14(21)13(20)10(18)5-16/h3-4,10-11,13-14,16-21H,5-6H2,1-2H3/t10-,11-,13-,14-/m1/s1. The number of rotatable bonds is 8. The summed E-state index contributed by atoms with van der Waals surface area (Å²) in [7, 11) is 1.40. The van der Waals surface area contributed by atoms with Gasteiger partial charge in [0.15, 0.2) is 0 Å². The monoisotopic (exact) mass is 346 g/mol. The molecule has 0 saturated carbocycles. The van der Waals surface area contributed by atoms with Crippen molar-refractivity contribution in [1.29, 1.82) is 0 Å². The van der Waals surface area contributed by atoms with Gasteiger partial charge in [0.1, 0.15) is 48.1 Å². The van der Waals surface area contributed by atoms with Crippen molar-refractivity contribution in [2.24, 2.45) is 0 Å². The molecule has 0 heterocycles. The van der Waals surface area contributed by atoms with Gasteiger partial charge in [-0.05, 0) is 18.6 Å². The van der Waals surface area contributed by atoms with E-state index in [0.29, 0.717) is 11.3 Å². The summed E-state index contributed by atoms with van der Waals surface area (Å²) < 4.78 is 9.75. The molecule has 0 fully saturated rings. The number of aryl methyl sites for hydroxylation is 1. The maximum atomic E-state index is 12.0. The molecule has 1 rings (SSSR count). The van der Waals surface area contributed by atoms with Gasteiger partial charge in [0.2, 0.25) is 0 Å². The van der Waals surface area contributed by atoms with E-state index >= 15 is 0 Å². The predicted molar refractivity (Wildman–Crippen MR) is 80.8 cm³/mol. The second-order valence-corrected chi connectivity index (χ2v) is 5.24. The van der Waals surface area contributed by atoms with Gasteiger partial charge in [-0.2, -0.15) is 0 Å². The molecule has 1 aromatic carbocycles. The van der Waals surface area contributed by atoms with Crippen LogP contribution < -0.4 is 4.74 Å². The number of methoxy groups -OCH3 is 1. The van der Waals surface area contributed by atoms with Crippen molar-refractivity contribution in [3.8, 4) is 11.5 Å². The molecule has 1 aromatic rings. The summed E-state index contributed by atoms with van der Waals surface area (Å²) >= 11 is 0. The van der Waals surface area contributed by atoms with Crippen molar-refractivity contribution >= 4 is 5.97 Å². The van der Waals surface area contributed by atoms with Crippen molar-refractivity contribution in [3.63, 3.8) is 0 Å².